The predicted octanol–water partition coefficient (Wildman–Crippen LogP) is 0.315. The van der Waals surface area contributed by atoms with Crippen LogP contribution >= 0.6 is 0 Å². The Morgan fingerprint density at radius 1 is 1.28 bits per heavy atom. The molecule has 2 amide bonds. The number of nitrogens with zero attached hydrogens (tertiary/aromatic N) is 1. The van der Waals surface area contributed by atoms with Gasteiger partial charge in [-0.05, 0) is 5.56 Å². The van der Waals surface area contributed by atoms with E-state index in [-0.39, 0.29) is 24.8 Å². The molecule has 0 radical (unpaired) electrons. The van der Waals surface area contributed by atoms with Crippen molar-refractivity contribution >= 4 is 11.8 Å². The van der Waals surface area contributed by atoms with E-state index in [9.17, 15) is 9.59 Å². The summed E-state index contributed by atoms with van der Waals surface area (Å²) in [6, 6.07) is 8.32. The van der Waals surface area contributed by atoms with Crippen LogP contribution in [0.25, 0.3) is 0 Å². The van der Waals surface area contributed by atoms with Gasteiger partial charge in [0, 0.05) is 20.5 Å². The Bertz CT molecular complexity index is 404. The molecule has 1 aromatic carbocycles. The molecule has 0 aromatic heterocycles. The van der Waals surface area contributed by atoms with Crippen LogP contribution in [0.1, 0.15) is 18.0 Å². The second-order valence-electron chi connectivity index (χ2n) is 4.12. The molecule has 0 aliphatic rings. The molecule has 0 heterocycles. The van der Waals surface area contributed by atoms with Crippen molar-refractivity contribution in [3.63, 3.8) is 0 Å². The zero-order valence-electron chi connectivity index (χ0n) is 10.6. The normalized spacial score (nSPS) is 11.7. The van der Waals surface area contributed by atoms with Crippen molar-refractivity contribution in [1.82, 2.24) is 10.2 Å². The smallest absolute Gasteiger partial charge is 0.249 e. The lowest BCUT2D eigenvalue weighted by Gasteiger charge is -2.22. The SMILES string of the molecule is CN(C)C(=O)C(NC(=O)CCO)c1ccccc1. The van der Waals surface area contributed by atoms with Crippen molar-refractivity contribution in [1.29, 1.82) is 0 Å². The molecule has 1 rings (SSSR count). The van der Waals surface area contributed by atoms with E-state index < -0.39 is 6.04 Å². The van der Waals surface area contributed by atoms with Gasteiger partial charge in [-0.1, -0.05) is 30.3 Å². The highest BCUT2D eigenvalue weighted by Gasteiger charge is 2.23. The average molecular weight is 250 g/mol. The third kappa shape index (κ3) is 3.85. The van der Waals surface area contributed by atoms with Crippen LogP contribution in [0, 0.1) is 0 Å². The molecule has 0 fully saturated rings. The van der Waals surface area contributed by atoms with Crippen LogP contribution < -0.4 is 5.32 Å². The first-order valence-electron chi connectivity index (χ1n) is 5.72. The largest absolute Gasteiger partial charge is 0.396 e. The Morgan fingerprint density at radius 3 is 2.39 bits per heavy atom. The standard InChI is InChI=1S/C13H18N2O3/c1-15(2)13(18)12(14-11(17)8-9-16)10-6-4-3-5-7-10/h3-7,12,16H,8-9H2,1-2H3,(H,14,17). The molecule has 1 aromatic rings. The van der Waals surface area contributed by atoms with E-state index in [4.69, 9.17) is 5.11 Å². The molecule has 0 spiro atoms. The third-order valence-electron chi connectivity index (χ3n) is 2.46. The number of amides is 2. The number of nitrogens with one attached hydrogen (secondary N) is 1. The predicted molar refractivity (Wildman–Crippen MR) is 67.7 cm³/mol. The van der Waals surface area contributed by atoms with E-state index in [2.05, 4.69) is 5.32 Å². The number of benzene rings is 1. The van der Waals surface area contributed by atoms with Gasteiger partial charge in [0.05, 0.1) is 6.61 Å². The average Bonchev–Trinajstić information content (AvgIpc) is 2.36. The van der Waals surface area contributed by atoms with Gasteiger partial charge >= 0.3 is 0 Å². The highest BCUT2D eigenvalue weighted by molar-refractivity contribution is 5.88. The molecule has 0 bridgehead atoms. The number of aliphatic hydroxyl groups excluding tert-OH is 1. The summed E-state index contributed by atoms with van der Waals surface area (Å²) >= 11 is 0. The molecule has 0 saturated heterocycles. The van der Waals surface area contributed by atoms with Crippen molar-refractivity contribution < 1.29 is 14.7 Å². The van der Waals surface area contributed by atoms with Crippen molar-refractivity contribution in [3.8, 4) is 0 Å². The van der Waals surface area contributed by atoms with Gasteiger partial charge in [0.25, 0.3) is 0 Å². The Morgan fingerprint density at radius 2 is 1.89 bits per heavy atom. The van der Waals surface area contributed by atoms with Crippen molar-refractivity contribution in [2.75, 3.05) is 20.7 Å². The Balaban J connectivity index is 2.89. The molecular weight excluding hydrogens is 232 g/mol. The van der Waals surface area contributed by atoms with E-state index in [0.29, 0.717) is 0 Å². The fraction of sp³-hybridized carbons (Fsp3) is 0.385. The molecule has 0 saturated carbocycles. The molecule has 5 nitrogen and oxygen atoms in total. The molecular formula is C13H18N2O3. The number of rotatable bonds is 5. The van der Waals surface area contributed by atoms with Crippen LogP contribution in [0.3, 0.4) is 0 Å². The maximum Gasteiger partial charge on any atom is 0.249 e. The van der Waals surface area contributed by atoms with Crippen molar-refractivity contribution in [2.45, 2.75) is 12.5 Å². The third-order valence-corrected chi connectivity index (χ3v) is 2.46. The van der Waals surface area contributed by atoms with Crippen molar-refractivity contribution in [3.05, 3.63) is 35.9 Å². The highest BCUT2D eigenvalue weighted by Crippen LogP contribution is 2.14. The van der Waals surface area contributed by atoms with E-state index in [1.165, 1.54) is 4.90 Å². The minimum atomic E-state index is -0.708. The van der Waals surface area contributed by atoms with Gasteiger partial charge in [0.1, 0.15) is 6.04 Å². The van der Waals surface area contributed by atoms with Crippen molar-refractivity contribution in [2.24, 2.45) is 0 Å². The summed E-state index contributed by atoms with van der Waals surface area (Å²) in [5, 5.41) is 11.3. The van der Waals surface area contributed by atoms with E-state index >= 15 is 0 Å². The molecule has 0 aliphatic heterocycles. The first-order chi connectivity index (χ1) is 8.56. The second kappa shape index (κ2) is 6.76. The number of carbonyl (C=O) groups excluding carboxylic acids is 2. The van der Waals surface area contributed by atoms with Gasteiger partial charge in [-0.2, -0.15) is 0 Å². The molecule has 0 aliphatic carbocycles. The quantitative estimate of drug-likeness (QED) is 0.790. The number of aliphatic hydroxyl groups is 1. The minimum Gasteiger partial charge on any atom is -0.396 e. The summed E-state index contributed by atoms with van der Waals surface area (Å²) < 4.78 is 0. The summed E-state index contributed by atoms with van der Waals surface area (Å²) in [5.74, 6) is -0.547. The van der Waals surface area contributed by atoms with Gasteiger partial charge in [0.2, 0.25) is 11.8 Å². The number of carbonyl (C=O) groups is 2. The second-order valence-corrected chi connectivity index (χ2v) is 4.12. The van der Waals surface area contributed by atoms with Crippen LogP contribution in [0.4, 0.5) is 0 Å². The van der Waals surface area contributed by atoms with Gasteiger partial charge in [-0.25, -0.2) is 0 Å². The summed E-state index contributed by atoms with van der Waals surface area (Å²) in [6.07, 6.45) is -0.00988. The molecule has 2 N–H and O–H groups in total. The Kier molecular flexibility index (Phi) is 5.32. The van der Waals surface area contributed by atoms with Crippen LogP contribution in [-0.4, -0.2) is 42.5 Å². The zero-order valence-corrected chi connectivity index (χ0v) is 10.6. The van der Waals surface area contributed by atoms with Crippen LogP contribution in [0.5, 0.6) is 0 Å². The van der Waals surface area contributed by atoms with Crippen LogP contribution in [-0.2, 0) is 9.59 Å². The lowest BCUT2D eigenvalue weighted by molar-refractivity contribution is -0.134. The molecule has 18 heavy (non-hydrogen) atoms. The summed E-state index contributed by atoms with van der Waals surface area (Å²) in [5.41, 5.74) is 0.725. The van der Waals surface area contributed by atoms with E-state index in [0.717, 1.165) is 5.56 Å². The maximum absolute atomic E-state index is 12.0. The summed E-state index contributed by atoms with van der Waals surface area (Å²) in [7, 11) is 3.27. The fourth-order valence-corrected chi connectivity index (χ4v) is 1.53. The lowest BCUT2D eigenvalue weighted by atomic mass is 10.1. The van der Waals surface area contributed by atoms with Gasteiger partial charge in [0.15, 0.2) is 0 Å². The number of likely N-dealkylation sites (N-methyl/N-ethyl adjacent to an activating group) is 1. The van der Waals surface area contributed by atoms with Crippen LogP contribution in [0.2, 0.25) is 0 Å². The first-order valence-corrected chi connectivity index (χ1v) is 5.72. The van der Waals surface area contributed by atoms with Gasteiger partial charge in [-0.3, -0.25) is 9.59 Å². The van der Waals surface area contributed by atoms with E-state index in [1.807, 2.05) is 18.2 Å². The molecule has 5 heteroatoms. The Hall–Kier alpha value is -1.88. The van der Waals surface area contributed by atoms with E-state index in [1.54, 1.807) is 26.2 Å². The van der Waals surface area contributed by atoms with Gasteiger partial charge in [-0.15, -0.1) is 0 Å². The molecule has 1 atom stereocenters. The monoisotopic (exact) mass is 250 g/mol. The number of hydrogen-bond donors (Lipinski definition) is 2. The maximum atomic E-state index is 12.0. The Labute approximate surface area is 106 Å². The lowest BCUT2D eigenvalue weighted by Crippen LogP contribution is -2.40. The van der Waals surface area contributed by atoms with Crippen LogP contribution in [0.15, 0.2) is 30.3 Å². The summed E-state index contributed by atoms with van der Waals surface area (Å²) in [4.78, 5) is 25.0. The van der Waals surface area contributed by atoms with Gasteiger partial charge < -0.3 is 15.3 Å². The fourth-order valence-electron chi connectivity index (χ4n) is 1.53. The first kappa shape index (κ1) is 14.2. The molecule has 1 unspecified atom stereocenters. The highest BCUT2D eigenvalue weighted by atomic mass is 16.3. The summed E-state index contributed by atoms with van der Waals surface area (Å²) in [6.45, 7) is -0.233. The molecule has 98 valence electrons. The minimum absolute atomic E-state index is 0.00988. The zero-order chi connectivity index (χ0) is 13.5. The topological polar surface area (TPSA) is 69.6 Å². The number of hydrogen-bond acceptors (Lipinski definition) is 3.